The zero-order valence-electron chi connectivity index (χ0n) is 16.9. The van der Waals surface area contributed by atoms with E-state index in [4.69, 9.17) is 4.74 Å². The molecule has 1 N–H and O–H groups in total. The van der Waals surface area contributed by atoms with Crippen molar-refractivity contribution in [2.24, 2.45) is 7.05 Å². The Kier molecular flexibility index (Phi) is 6.42. The van der Waals surface area contributed by atoms with Gasteiger partial charge in [0.25, 0.3) is 5.91 Å². The molecule has 162 valence electrons. The summed E-state index contributed by atoms with van der Waals surface area (Å²) in [6, 6.07) is 13.6. The molecule has 2 heterocycles. The predicted molar refractivity (Wildman–Crippen MR) is 118 cm³/mol. The first-order chi connectivity index (χ1) is 14.9. The predicted octanol–water partition coefficient (Wildman–Crippen LogP) is 2.84. The fourth-order valence-electron chi connectivity index (χ4n) is 3.17. The number of ether oxygens (including phenoxy) is 1. The molecule has 10 heteroatoms. The molecule has 1 aromatic heterocycles. The summed E-state index contributed by atoms with van der Waals surface area (Å²) in [6.07, 6.45) is 3.61. The van der Waals surface area contributed by atoms with E-state index < -0.39 is 15.9 Å². The molecule has 1 aliphatic heterocycles. The van der Waals surface area contributed by atoms with Crippen LogP contribution in [0.2, 0.25) is 0 Å². The van der Waals surface area contributed by atoms with Crippen LogP contribution in [0.3, 0.4) is 0 Å². The van der Waals surface area contributed by atoms with Crippen molar-refractivity contribution in [3.63, 3.8) is 0 Å². The number of anilines is 1. The van der Waals surface area contributed by atoms with Gasteiger partial charge in [0.15, 0.2) is 5.16 Å². The maximum atomic E-state index is 13.1. The number of carbonyl (C=O) groups is 1. The van der Waals surface area contributed by atoms with Gasteiger partial charge in [-0.1, -0.05) is 23.9 Å². The number of amides is 1. The highest BCUT2D eigenvalue weighted by Gasteiger charge is 2.30. The average molecular weight is 459 g/mol. The lowest BCUT2D eigenvalue weighted by Crippen LogP contribution is -2.41. The second-order valence-electron chi connectivity index (χ2n) is 6.91. The molecule has 0 aliphatic carbocycles. The van der Waals surface area contributed by atoms with Gasteiger partial charge in [0.1, 0.15) is 0 Å². The largest absolute Gasteiger partial charge is 0.379 e. The number of nitrogens with one attached hydrogen (secondary N) is 1. The van der Waals surface area contributed by atoms with E-state index in [9.17, 15) is 13.2 Å². The standard InChI is InChI=1S/C21H22N4O4S2/c1-24-11-10-22-21(24)30-17-8-6-16(7-9-17)23-20(26)18-4-2-3-5-19(18)31(27,28)25-12-14-29-15-13-25/h2-11H,12-15H2,1H3,(H,23,26). The Bertz CT molecular complexity index is 1170. The Morgan fingerprint density at radius 1 is 1.10 bits per heavy atom. The molecule has 3 aromatic rings. The van der Waals surface area contributed by atoms with Crippen LogP contribution in [0.5, 0.6) is 0 Å². The van der Waals surface area contributed by atoms with Gasteiger partial charge in [-0.2, -0.15) is 4.31 Å². The molecule has 31 heavy (non-hydrogen) atoms. The highest BCUT2D eigenvalue weighted by atomic mass is 32.2. The molecule has 8 nitrogen and oxygen atoms in total. The van der Waals surface area contributed by atoms with Crippen molar-refractivity contribution in [3.8, 4) is 0 Å². The number of rotatable bonds is 6. The molecular weight excluding hydrogens is 436 g/mol. The molecule has 1 amide bonds. The van der Waals surface area contributed by atoms with Gasteiger partial charge in [0, 0.05) is 43.1 Å². The quantitative estimate of drug-likeness (QED) is 0.611. The Morgan fingerprint density at radius 3 is 2.48 bits per heavy atom. The van der Waals surface area contributed by atoms with Gasteiger partial charge in [-0.25, -0.2) is 13.4 Å². The highest BCUT2D eigenvalue weighted by Crippen LogP contribution is 2.27. The van der Waals surface area contributed by atoms with E-state index in [0.717, 1.165) is 10.1 Å². The van der Waals surface area contributed by atoms with E-state index in [2.05, 4.69) is 10.3 Å². The van der Waals surface area contributed by atoms with Crippen molar-refractivity contribution in [3.05, 3.63) is 66.5 Å². The van der Waals surface area contributed by atoms with Crippen LogP contribution >= 0.6 is 11.8 Å². The van der Waals surface area contributed by atoms with Crippen LogP contribution in [0.25, 0.3) is 0 Å². The fraction of sp³-hybridized carbons (Fsp3) is 0.238. The van der Waals surface area contributed by atoms with Crippen LogP contribution in [0.4, 0.5) is 5.69 Å². The lowest BCUT2D eigenvalue weighted by molar-refractivity contribution is 0.0730. The third kappa shape index (κ3) is 4.82. The van der Waals surface area contributed by atoms with Crippen molar-refractivity contribution in [2.45, 2.75) is 14.9 Å². The van der Waals surface area contributed by atoms with E-state index in [1.54, 1.807) is 30.5 Å². The SMILES string of the molecule is Cn1ccnc1Sc1ccc(NC(=O)c2ccccc2S(=O)(=O)N2CCOCC2)cc1. The summed E-state index contributed by atoms with van der Waals surface area (Å²) in [7, 11) is -1.87. The third-order valence-electron chi connectivity index (χ3n) is 4.82. The van der Waals surface area contributed by atoms with E-state index >= 15 is 0 Å². The van der Waals surface area contributed by atoms with Crippen LogP contribution in [-0.4, -0.2) is 54.5 Å². The maximum absolute atomic E-state index is 13.1. The summed E-state index contributed by atoms with van der Waals surface area (Å²) in [6.45, 7) is 1.23. The number of nitrogens with zero attached hydrogens (tertiary/aromatic N) is 3. The Morgan fingerprint density at radius 2 is 1.81 bits per heavy atom. The summed E-state index contributed by atoms with van der Waals surface area (Å²) >= 11 is 1.51. The average Bonchev–Trinajstić information content (AvgIpc) is 3.20. The van der Waals surface area contributed by atoms with Crippen molar-refractivity contribution < 1.29 is 17.9 Å². The van der Waals surface area contributed by atoms with Gasteiger partial charge in [-0.3, -0.25) is 4.79 Å². The first-order valence-electron chi connectivity index (χ1n) is 9.69. The maximum Gasteiger partial charge on any atom is 0.257 e. The summed E-state index contributed by atoms with van der Waals surface area (Å²) < 4.78 is 34.7. The minimum Gasteiger partial charge on any atom is -0.379 e. The minimum atomic E-state index is -3.79. The molecule has 2 aromatic carbocycles. The number of imidazole rings is 1. The van der Waals surface area contributed by atoms with Crippen LogP contribution in [0.1, 0.15) is 10.4 Å². The summed E-state index contributed by atoms with van der Waals surface area (Å²) in [5.74, 6) is -0.475. The summed E-state index contributed by atoms with van der Waals surface area (Å²) in [5.41, 5.74) is 0.688. The molecule has 4 rings (SSSR count). The number of hydrogen-bond donors (Lipinski definition) is 1. The second-order valence-corrected chi connectivity index (χ2v) is 9.86. The van der Waals surface area contributed by atoms with Gasteiger partial charge in [0.05, 0.1) is 23.7 Å². The first-order valence-corrected chi connectivity index (χ1v) is 11.9. The zero-order chi connectivity index (χ0) is 21.8. The van der Waals surface area contributed by atoms with Crippen LogP contribution in [0.15, 0.2) is 75.9 Å². The minimum absolute atomic E-state index is 0.00337. The molecule has 0 saturated carbocycles. The first kappa shape index (κ1) is 21.6. The van der Waals surface area contributed by atoms with Gasteiger partial charge >= 0.3 is 0 Å². The lowest BCUT2D eigenvalue weighted by Gasteiger charge is -2.26. The van der Waals surface area contributed by atoms with E-state index in [-0.39, 0.29) is 23.5 Å². The van der Waals surface area contributed by atoms with Crippen molar-refractivity contribution in [1.29, 1.82) is 0 Å². The van der Waals surface area contributed by atoms with Gasteiger partial charge in [-0.15, -0.1) is 0 Å². The van der Waals surface area contributed by atoms with Crippen LogP contribution in [0, 0.1) is 0 Å². The molecule has 0 bridgehead atoms. The second kappa shape index (κ2) is 9.23. The van der Waals surface area contributed by atoms with E-state index in [0.29, 0.717) is 18.9 Å². The van der Waals surface area contributed by atoms with Crippen molar-refractivity contribution in [1.82, 2.24) is 13.9 Å². The van der Waals surface area contributed by atoms with Crippen LogP contribution in [-0.2, 0) is 21.8 Å². The Hall–Kier alpha value is -2.66. The summed E-state index contributed by atoms with van der Waals surface area (Å²) in [4.78, 5) is 18.2. The zero-order valence-corrected chi connectivity index (χ0v) is 18.5. The van der Waals surface area contributed by atoms with E-state index in [1.165, 1.54) is 28.2 Å². The smallest absolute Gasteiger partial charge is 0.257 e. The molecule has 1 saturated heterocycles. The molecule has 0 radical (unpaired) electrons. The molecule has 1 fully saturated rings. The number of aromatic nitrogens is 2. The highest BCUT2D eigenvalue weighted by molar-refractivity contribution is 7.99. The van der Waals surface area contributed by atoms with E-state index in [1.807, 2.05) is 29.9 Å². The monoisotopic (exact) mass is 458 g/mol. The normalized spacial score (nSPS) is 15.0. The fourth-order valence-corrected chi connectivity index (χ4v) is 5.56. The number of sulfonamides is 1. The Labute approximate surface area is 185 Å². The third-order valence-corrected chi connectivity index (χ3v) is 7.86. The molecule has 0 unspecified atom stereocenters. The Balaban J connectivity index is 1.51. The van der Waals surface area contributed by atoms with Crippen LogP contribution < -0.4 is 5.32 Å². The lowest BCUT2D eigenvalue weighted by atomic mass is 10.2. The van der Waals surface area contributed by atoms with Crippen molar-refractivity contribution >= 4 is 33.4 Å². The van der Waals surface area contributed by atoms with Gasteiger partial charge < -0.3 is 14.6 Å². The number of carbonyl (C=O) groups excluding carboxylic acids is 1. The van der Waals surface area contributed by atoms with Gasteiger partial charge in [-0.05, 0) is 36.4 Å². The number of aryl methyl sites for hydroxylation is 1. The van der Waals surface area contributed by atoms with Crippen molar-refractivity contribution in [2.75, 3.05) is 31.6 Å². The number of hydrogen-bond acceptors (Lipinski definition) is 6. The molecule has 0 atom stereocenters. The number of benzene rings is 2. The molecular formula is C21H22N4O4S2. The summed E-state index contributed by atoms with van der Waals surface area (Å²) in [5, 5.41) is 3.65. The topological polar surface area (TPSA) is 93.5 Å². The number of morpholine rings is 1. The molecule has 0 spiro atoms. The molecule has 1 aliphatic rings. The van der Waals surface area contributed by atoms with Gasteiger partial charge in [0.2, 0.25) is 10.0 Å².